The average molecular weight is 279 g/mol. The van der Waals surface area contributed by atoms with E-state index in [0.29, 0.717) is 16.9 Å². The molecular weight excluding hydrogens is 266 g/mol. The molecule has 0 saturated carbocycles. The highest BCUT2D eigenvalue weighted by Gasteiger charge is 2.13. The van der Waals surface area contributed by atoms with Crippen LogP contribution in [-0.2, 0) is 16.1 Å². The highest BCUT2D eigenvalue weighted by molar-refractivity contribution is 6.39. The van der Waals surface area contributed by atoms with Crippen LogP contribution in [0.3, 0.4) is 0 Å². The first-order chi connectivity index (χ1) is 10.2. The second kappa shape index (κ2) is 6.87. The number of anilines is 1. The molecule has 0 fully saturated rings. The molecule has 0 saturated heterocycles. The van der Waals surface area contributed by atoms with E-state index in [1.807, 2.05) is 0 Å². The maximum atomic E-state index is 11.7. The van der Waals surface area contributed by atoms with Crippen molar-refractivity contribution < 1.29 is 9.59 Å². The Bertz CT molecular complexity index is 690. The molecule has 104 valence electrons. The summed E-state index contributed by atoms with van der Waals surface area (Å²) in [5, 5.41) is 4.98. The summed E-state index contributed by atoms with van der Waals surface area (Å²) in [6.45, 7) is 0.192. The zero-order valence-corrected chi connectivity index (χ0v) is 11.2. The van der Waals surface area contributed by atoms with Gasteiger partial charge in [0.05, 0.1) is 12.2 Å². The number of rotatable bonds is 3. The fourth-order valence-electron chi connectivity index (χ4n) is 1.63. The fraction of sp³-hybridized carbons (Fsp3) is 0.0625. The summed E-state index contributed by atoms with van der Waals surface area (Å²) in [5.74, 6) is 0.977. The summed E-state index contributed by atoms with van der Waals surface area (Å²) in [6, 6.07) is 12.0. The van der Waals surface area contributed by atoms with Crippen molar-refractivity contribution in [1.82, 2.24) is 10.3 Å². The molecule has 1 aromatic heterocycles. The lowest BCUT2D eigenvalue weighted by molar-refractivity contribution is -0.136. The van der Waals surface area contributed by atoms with E-state index in [1.165, 1.54) is 0 Å². The molecule has 2 amide bonds. The second-order valence-electron chi connectivity index (χ2n) is 4.18. The van der Waals surface area contributed by atoms with Gasteiger partial charge in [0.2, 0.25) is 0 Å². The second-order valence-corrected chi connectivity index (χ2v) is 4.18. The quantitative estimate of drug-likeness (QED) is 0.657. The van der Waals surface area contributed by atoms with Gasteiger partial charge in [-0.3, -0.25) is 14.6 Å². The van der Waals surface area contributed by atoms with Crippen LogP contribution >= 0.6 is 0 Å². The Kier molecular flexibility index (Phi) is 4.67. The van der Waals surface area contributed by atoms with Gasteiger partial charge < -0.3 is 10.6 Å². The number of nitrogens with zero attached hydrogens (tertiary/aromatic N) is 1. The molecule has 1 aromatic carbocycles. The van der Waals surface area contributed by atoms with Crippen LogP contribution in [0.1, 0.15) is 11.3 Å². The first-order valence-electron chi connectivity index (χ1n) is 6.25. The highest BCUT2D eigenvalue weighted by Crippen LogP contribution is 2.09. The van der Waals surface area contributed by atoms with E-state index in [0.717, 1.165) is 0 Å². The van der Waals surface area contributed by atoms with Crippen molar-refractivity contribution in [2.75, 3.05) is 5.32 Å². The van der Waals surface area contributed by atoms with Gasteiger partial charge in [-0.1, -0.05) is 18.1 Å². The van der Waals surface area contributed by atoms with Crippen LogP contribution in [0.5, 0.6) is 0 Å². The van der Waals surface area contributed by atoms with Gasteiger partial charge in [0.1, 0.15) is 0 Å². The van der Waals surface area contributed by atoms with Gasteiger partial charge in [-0.15, -0.1) is 6.42 Å². The van der Waals surface area contributed by atoms with Gasteiger partial charge in [-0.2, -0.15) is 0 Å². The van der Waals surface area contributed by atoms with E-state index in [1.54, 1.807) is 48.7 Å². The summed E-state index contributed by atoms with van der Waals surface area (Å²) < 4.78 is 0. The molecule has 5 nitrogen and oxygen atoms in total. The number of amides is 2. The minimum atomic E-state index is -0.750. The predicted octanol–water partition coefficient (Wildman–Crippen LogP) is 1.32. The lowest BCUT2D eigenvalue weighted by Crippen LogP contribution is -2.35. The number of aromatic nitrogens is 1. The normalized spacial score (nSPS) is 9.48. The Hall–Kier alpha value is -3.13. The molecule has 1 heterocycles. The van der Waals surface area contributed by atoms with Crippen molar-refractivity contribution >= 4 is 17.5 Å². The SMILES string of the molecule is C#Cc1cccc(NC(=O)C(=O)NCc2ccccn2)c1. The first-order valence-corrected chi connectivity index (χ1v) is 6.25. The molecule has 0 aliphatic heterocycles. The number of hydrogen-bond donors (Lipinski definition) is 2. The van der Waals surface area contributed by atoms with Crippen LogP contribution in [0.15, 0.2) is 48.7 Å². The van der Waals surface area contributed by atoms with Crippen molar-refractivity contribution in [3.63, 3.8) is 0 Å². The molecule has 0 aliphatic carbocycles. The molecule has 0 atom stereocenters. The van der Waals surface area contributed by atoms with E-state index >= 15 is 0 Å². The number of benzene rings is 1. The maximum Gasteiger partial charge on any atom is 0.313 e. The summed E-state index contributed by atoms with van der Waals surface area (Å²) >= 11 is 0. The lowest BCUT2D eigenvalue weighted by Gasteiger charge is -2.06. The van der Waals surface area contributed by atoms with E-state index in [2.05, 4.69) is 21.5 Å². The molecule has 2 aromatic rings. The molecule has 2 rings (SSSR count). The summed E-state index contributed by atoms with van der Waals surface area (Å²) in [6.07, 6.45) is 6.89. The summed E-state index contributed by atoms with van der Waals surface area (Å²) in [7, 11) is 0. The Morgan fingerprint density at radius 1 is 1.14 bits per heavy atom. The molecule has 0 bridgehead atoms. The third-order valence-corrected chi connectivity index (χ3v) is 2.65. The molecular formula is C16H13N3O2. The molecule has 0 spiro atoms. The Morgan fingerprint density at radius 2 is 2.00 bits per heavy atom. The van der Waals surface area contributed by atoms with E-state index in [9.17, 15) is 9.59 Å². The molecule has 0 unspecified atom stereocenters. The van der Waals surface area contributed by atoms with Crippen LogP contribution in [0.25, 0.3) is 0 Å². The van der Waals surface area contributed by atoms with Gasteiger partial charge in [-0.05, 0) is 30.3 Å². The zero-order chi connectivity index (χ0) is 15.1. The highest BCUT2D eigenvalue weighted by atomic mass is 16.2. The number of terminal acetylenes is 1. The van der Waals surface area contributed by atoms with Crippen molar-refractivity contribution in [2.45, 2.75) is 6.54 Å². The van der Waals surface area contributed by atoms with Gasteiger partial charge >= 0.3 is 11.8 Å². The fourth-order valence-corrected chi connectivity index (χ4v) is 1.63. The Morgan fingerprint density at radius 3 is 2.71 bits per heavy atom. The van der Waals surface area contributed by atoms with Gasteiger partial charge in [0.15, 0.2) is 0 Å². The topological polar surface area (TPSA) is 71.1 Å². The molecule has 5 heteroatoms. The summed E-state index contributed by atoms with van der Waals surface area (Å²) in [4.78, 5) is 27.5. The first kappa shape index (κ1) is 14.3. The van der Waals surface area contributed by atoms with Crippen molar-refractivity contribution in [3.05, 3.63) is 59.9 Å². The third kappa shape index (κ3) is 4.18. The summed E-state index contributed by atoms with van der Waals surface area (Å²) in [5.41, 5.74) is 1.78. The van der Waals surface area contributed by atoms with Gasteiger partial charge in [0.25, 0.3) is 0 Å². The Labute approximate surface area is 122 Å². The number of pyridine rings is 1. The maximum absolute atomic E-state index is 11.7. The van der Waals surface area contributed by atoms with Crippen LogP contribution in [-0.4, -0.2) is 16.8 Å². The smallest absolute Gasteiger partial charge is 0.313 e. The van der Waals surface area contributed by atoms with Crippen LogP contribution in [0, 0.1) is 12.3 Å². The van der Waals surface area contributed by atoms with Gasteiger partial charge in [-0.25, -0.2) is 0 Å². The minimum absolute atomic E-state index is 0.192. The lowest BCUT2D eigenvalue weighted by atomic mass is 10.2. The van der Waals surface area contributed by atoms with Crippen molar-refractivity contribution in [3.8, 4) is 12.3 Å². The van der Waals surface area contributed by atoms with E-state index in [-0.39, 0.29) is 6.54 Å². The van der Waals surface area contributed by atoms with E-state index < -0.39 is 11.8 Å². The number of carbonyl (C=O) groups excluding carboxylic acids is 2. The number of nitrogens with one attached hydrogen (secondary N) is 2. The van der Waals surface area contributed by atoms with Crippen molar-refractivity contribution in [2.24, 2.45) is 0 Å². The monoisotopic (exact) mass is 279 g/mol. The zero-order valence-electron chi connectivity index (χ0n) is 11.2. The number of hydrogen-bond acceptors (Lipinski definition) is 3. The predicted molar refractivity (Wildman–Crippen MR) is 79.1 cm³/mol. The largest absolute Gasteiger partial charge is 0.342 e. The Balaban J connectivity index is 1.91. The van der Waals surface area contributed by atoms with Gasteiger partial charge in [0, 0.05) is 17.4 Å². The third-order valence-electron chi connectivity index (χ3n) is 2.65. The molecule has 2 N–H and O–H groups in total. The minimum Gasteiger partial charge on any atom is -0.342 e. The van der Waals surface area contributed by atoms with Crippen LogP contribution < -0.4 is 10.6 Å². The number of carbonyl (C=O) groups is 2. The molecule has 21 heavy (non-hydrogen) atoms. The average Bonchev–Trinajstić information content (AvgIpc) is 2.53. The standard InChI is InChI=1S/C16H13N3O2/c1-2-12-6-5-8-13(10-12)19-16(21)15(20)18-11-14-7-3-4-9-17-14/h1,3-10H,11H2,(H,18,20)(H,19,21). The molecule has 0 aliphatic rings. The van der Waals surface area contributed by atoms with Crippen molar-refractivity contribution in [1.29, 1.82) is 0 Å². The van der Waals surface area contributed by atoms with Crippen LogP contribution in [0.2, 0.25) is 0 Å². The van der Waals surface area contributed by atoms with E-state index in [4.69, 9.17) is 6.42 Å². The van der Waals surface area contributed by atoms with Crippen LogP contribution in [0.4, 0.5) is 5.69 Å². The molecule has 0 radical (unpaired) electrons.